The molecule has 5 heteroatoms. The number of hydrogen-bond acceptors (Lipinski definition) is 4. The van der Waals surface area contributed by atoms with Gasteiger partial charge in [-0.15, -0.1) is 0 Å². The minimum atomic E-state index is -0.318. The molecule has 1 saturated heterocycles. The minimum absolute atomic E-state index is 0.0290. The van der Waals surface area contributed by atoms with Crippen LogP contribution in [0.2, 0.25) is 0 Å². The molecule has 0 aromatic heterocycles. The third-order valence-corrected chi connectivity index (χ3v) is 3.98. The maximum Gasteiger partial charge on any atom is 0.409 e. The lowest BCUT2D eigenvalue weighted by atomic mass is 9.88. The predicted molar refractivity (Wildman–Crippen MR) is 78.8 cm³/mol. The molecule has 0 aliphatic carbocycles. The van der Waals surface area contributed by atoms with Crippen molar-refractivity contribution in [1.82, 2.24) is 4.90 Å². The van der Waals surface area contributed by atoms with Crippen molar-refractivity contribution in [3.05, 3.63) is 29.3 Å². The smallest absolute Gasteiger partial charge is 0.409 e. The molecule has 1 aromatic rings. The van der Waals surface area contributed by atoms with Crippen LogP contribution in [0, 0.1) is 12.8 Å². The number of ether oxygens (including phenoxy) is 2. The van der Waals surface area contributed by atoms with E-state index in [0.717, 1.165) is 11.3 Å². The van der Waals surface area contributed by atoms with Crippen LogP contribution in [0.4, 0.5) is 4.79 Å². The summed E-state index contributed by atoms with van der Waals surface area (Å²) in [5.41, 5.74) is 1.67. The highest BCUT2D eigenvalue weighted by atomic mass is 16.5. The Hall–Kier alpha value is -2.04. The van der Waals surface area contributed by atoms with Gasteiger partial charge in [0.15, 0.2) is 5.78 Å². The summed E-state index contributed by atoms with van der Waals surface area (Å²) in [5, 5.41) is 0. The second-order valence-corrected chi connectivity index (χ2v) is 5.28. The van der Waals surface area contributed by atoms with Gasteiger partial charge in [-0.2, -0.15) is 0 Å². The van der Waals surface area contributed by atoms with E-state index in [0.29, 0.717) is 31.5 Å². The van der Waals surface area contributed by atoms with Crippen molar-refractivity contribution < 1.29 is 19.1 Å². The summed E-state index contributed by atoms with van der Waals surface area (Å²) in [7, 11) is 2.99. The van der Waals surface area contributed by atoms with Gasteiger partial charge in [0.05, 0.1) is 14.2 Å². The van der Waals surface area contributed by atoms with Crippen LogP contribution in [0.5, 0.6) is 5.75 Å². The van der Waals surface area contributed by atoms with Crippen LogP contribution < -0.4 is 4.74 Å². The van der Waals surface area contributed by atoms with E-state index in [-0.39, 0.29) is 17.8 Å². The molecule has 1 aromatic carbocycles. The maximum absolute atomic E-state index is 12.5. The Kier molecular flexibility index (Phi) is 4.83. The number of carbonyl (C=O) groups is 2. The van der Waals surface area contributed by atoms with Gasteiger partial charge >= 0.3 is 6.09 Å². The molecule has 0 unspecified atom stereocenters. The fourth-order valence-electron chi connectivity index (χ4n) is 2.72. The molecule has 1 aliphatic heterocycles. The van der Waals surface area contributed by atoms with Crippen LogP contribution in [0.15, 0.2) is 18.2 Å². The van der Waals surface area contributed by atoms with Gasteiger partial charge in [-0.1, -0.05) is 0 Å². The van der Waals surface area contributed by atoms with Crippen LogP contribution in [-0.4, -0.2) is 44.1 Å². The number of methoxy groups -OCH3 is 2. The topological polar surface area (TPSA) is 55.8 Å². The van der Waals surface area contributed by atoms with E-state index in [2.05, 4.69) is 0 Å². The van der Waals surface area contributed by atoms with Gasteiger partial charge in [0.2, 0.25) is 0 Å². The lowest BCUT2D eigenvalue weighted by Crippen LogP contribution is -2.40. The maximum atomic E-state index is 12.5. The number of nitrogens with zero attached hydrogens (tertiary/aromatic N) is 1. The van der Waals surface area contributed by atoms with Crippen LogP contribution in [-0.2, 0) is 4.74 Å². The molecule has 0 saturated carbocycles. The first kappa shape index (κ1) is 15.4. The van der Waals surface area contributed by atoms with Gasteiger partial charge in [-0.05, 0) is 43.5 Å². The van der Waals surface area contributed by atoms with Crippen molar-refractivity contribution in [2.24, 2.45) is 5.92 Å². The van der Waals surface area contributed by atoms with E-state index in [1.54, 1.807) is 18.1 Å². The summed E-state index contributed by atoms with van der Waals surface area (Å²) < 4.78 is 9.91. The van der Waals surface area contributed by atoms with Gasteiger partial charge in [0.1, 0.15) is 5.75 Å². The number of piperidine rings is 1. The molecular formula is C16H21NO4. The molecule has 0 bridgehead atoms. The van der Waals surface area contributed by atoms with E-state index in [9.17, 15) is 9.59 Å². The molecule has 2 rings (SSSR count). The molecule has 0 N–H and O–H groups in total. The van der Waals surface area contributed by atoms with E-state index in [1.807, 2.05) is 19.1 Å². The monoisotopic (exact) mass is 291 g/mol. The molecule has 1 aliphatic rings. The number of Topliss-reactive ketones (excluding diaryl/α,β-unsaturated/α-hetero) is 1. The van der Waals surface area contributed by atoms with E-state index >= 15 is 0 Å². The number of benzene rings is 1. The van der Waals surface area contributed by atoms with Crippen molar-refractivity contribution in [1.29, 1.82) is 0 Å². The number of carbonyl (C=O) groups excluding carboxylic acids is 2. The summed E-state index contributed by atoms with van der Waals surface area (Å²) in [6, 6.07) is 5.50. The molecule has 1 amide bonds. The zero-order valence-corrected chi connectivity index (χ0v) is 12.7. The van der Waals surface area contributed by atoms with E-state index < -0.39 is 0 Å². The molecule has 1 heterocycles. The summed E-state index contributed by atoms with van der Waals surface area (Å²) in [6.07, 6.45) is 1.04. The minimum Gasteiger partial charge on any atom is -0.496 e. The first-order valence-corrected chi connectivity index (χ1v) is 7.08. The molecule has 5 nitrogen and oxygen atoms in total. The molecule has 21 heavy (non-hydrogen) atoms. The van der Waals surface area contributed by atoms with Crippen LogP contribution in [0.3, 0.4) is 0 Å². The average molecular weight is 291 g/mol. The summed E-state index contributed by atoms with van der Waals surface area (Å²) in [5.74, 6) is 0.899. The third-order valence-electron chi connectivity index (χ3n) is 3.98. The standard InChI is InChI=1S/C16H21NO4/c1-11-10-13(4-5-14(11)20-2)15(18)12-6-8-17(9-7-12)16(19)21-3/h4-5,10,12H,6-9H2,1-3H3. The molecule has 114 valence electrons. The van der Waals surface area contributed by atoms with Crippen molar-refractivity contribution in [3.8, 4) is 5.75 Å². The van der Waals surface area contributed by atoms with Crippen LogP contribution >= 0.6 is 0 Å². The lowest BCUT2D eigenvalue weighted by Gasteiger charge is -2.30. The summed E-state index contributed by atoms with van der Waals surface area (Å²) >= 11 is 0. The Morgan fingerprint density at radius 1 is 1.19 bits per heavy atom. The highest BCUT2D eigenvalue weighted by Gasteiger charge is 2.28. The first-order valence-electron chi connectivity index (χ1n) is 7.08. The van der Waals surface area contributed by atoms with E-state index in [1.165, 1.54) is 7.11 Å². The Labute approximate surface area is 124 Å². The van der Waals surface area contributed by atoms with Crippen LogP contribution in [0.1, 0.15) is 28.8 Å². The second kappa shape index (κ2) is 6.61. The van der Waals surface area contributed by atoms with Crippen molar-refractivity contribution >= 4 is 11.9 Å². The lowest BCUT2D eigenvalue weighted by molar-refractivity contribution is 0.0793. The number of rotatable bonds is 3. The summed E-state index contributed by atoms with van der Waals surface area (Å²) in [4.78, 5) is 25.6. The Morgan fingerprint density at radius 3 is 2.38 bits per heavy atom. The Morgan fingerprint density at radius 2 is 1.86 bits per heavy atom. The quantitative estimate of drug-likeness (QED) is 0.803. The molecule has 0 atom stereocenters. The molecule has 1 fully saturated rings. The zero-order chi connectivity index (χ0) is 15.4. The Bertz CT molecular complexity index is 533. The highest BCUT2D eigenvalue weighted by Crippen LogP contribution is 2.25. The largest absolute Gasteiger partial charge is 0.496 e. The average Bonchev–Trinajstić information content (AvgIpc) is 2.53. The molecule has 0 radical (unpaired) electrons. The Balaban J connectivity index is 2.02. The number of aryl methyl sites for hydroxylation is 1. The second-order valence-electron chi connectivity index (χ2n) is 5.28. The normalized spacial score (nSPS) is 15.7. The van der Waals surface area contributed by atoms with Crippen molar-refractivity contribution in [3.63, 3.8) is 0 Å². The van der Waals surface area contributed by atoms with E-state index in [4.69, 9.17) is 9.47 Å². The number of hydrogen-bond donors (Lipinski definition) is 0. The zero-order valence-electron chi connectivity index (χ0n) is 12.7. The highest BCUT2D eigenvalue weighted by molar-refractivity contribution is 5.98. The predicted octanol–water partition coefficient (Wildman–Crippen LogP) is 2.66. The number of likely N-dealkylation sites (tertiary alicyclic amines) is 1. The van der Waals surface area contributed by atoms with Crippen molar-refractivity contribution in [2.75, 3.05) is 27.3 Å². The van der Waals surface area contributed by atoms with Crippen molar-refractivity contribution in [2.45, 2.75) is 19.8 Å². The fraction of sp³-hybridized carbons (Fsp3) is 0.500. The molecule has 0 spiro atoms. The van der Waals surface area contributed by atoms with Crippen LogP contribution in [0.25, 0.3) is 0 Å². The van der Waals surface area contributed by atoms with Gasteiger partial charge in [0.25, 0.3) is 0 Å². The van der Waals surface area contributed by atoms with Gasteiger partial charge in [-0.3, -0.25) is 4.79 Å². The van der Waals surface area contributed by atoms with Gasteiger partial charge in [0, 0.05) is 24.6 Å². The first-order chi connectivity index (χ1) is 10.1. The summed E-state index contributed by atoms with van der Waals surface area (Å²) in [6.45, 7) is 3.06. The number of ketones is 1. The fourth-order valence-corrected chi connectivity index (χ4v) is 2.72. The SMILES string of the molecule is COC(=O)N1CCC(C(=O)c2ccc(OC)c(C)c2)CC1. The number of amides is 1. The molecular weight excluding hydrogens is 270 g/mol. The van der Waals surface area contributed by atoms with Gasteiger partial charge in [-0.25, -0.2) is 4.79 Å². The van der Waals surface area contributed by atoms with Gasteiger partial charge < -0.3 is 14.4 Å². The third kappa shape index (κ3) is 3.35.